The molecular formula is C11H18N4O3. The van der Waals surface area contributed by atoms with Crippen molar-refractivity contribution < 1.29 is 14.7 Å². The van der Waals surface area contributed by atoms with E-state index in [1.54, 1.807) is 25.6 Å². The van der Waals surface area contributed by atoms with E-state index in [0.717, 1.165) is 5.69 Å². The number of anilines is 1. The molecular weight excluding hydrogens is 236 g/mol. The molecule has 0 radical (unpaired) electrons. The number of carbonyl (C=O) groups excluding carboxylic acids is 2. The molecule has 0 spiro atoms. The van der Waals surface area contributed by atoms with Crippen molar-refractivity contribution in [3.05, 3.63) is 11.4 Å². The second-order valence-corrected chi connectivity index (χ2v) is 3.96. The normalized spacial score (nSPS) is 10.2. The molecule has 1 rings (SSSR count). The molecule has 0 atom stereocenters. The van der Waals surface area contributed by atoms with Gasteiger partial charge >= 0.3 is 11.8 Å². The van der Waals surface area contributed by atoms with Gasteiger partial charge in [-0.2, -0.15) is 5.10 Å². The van der Waals surface area contributed by atoms with Gasteiger partial charge in [-0.1, -0.05) is 0 Å². The van der Waals surface area contributed by atoms with E-state index in [4.69, 9.17) is 5.11 Å². The molecule has 18 heavy (non-hydrogen) atoms. The Morgan fingerprint density at radius 3 is 2.50 bits per heavy atom. The van der Waals surface area contributed by atoms with Crippen LogP contribution in [0.3, 0.4) is 0 Å². The van der Waals surface area contributed by atoms with Crippen molar-refractivity contribution in [2.75, 3.05) is 18.5 Å². The highest BCUT2D eigenvalue weighted by atomic mass is 16.3. The molecule has 0 fully saturated rings. The first-order valence-electron chi connectivity index (χ1n) is 5.67. The number of aryl methyl sites for hydroxylation is 2. The number of hydrogen-bond acceptors (Lipinski definition) is 4. The van der Waals surface area contributed by atoms with Crippen LogP contribution in [0.1, 0.15) is 17.8 Å². The predicted octanol–water partition coefficient (Wildman–Crippen LogP) is -0.526. The Balaban J connectivity index is 2.61. The van der Waals surface area contributed by atoms with Gasteiger partial charge in [0, 0.05) is 20.2 Å². The van der Waals surface area contributed by atoms with Gasteiger partial charge in [-0.15, -0.1) is 0 Å². The van der Waals surface area contributed by atoms with E-state index in [9.17, 15) is 9.59 Å². The Kier molecular flexibility index (Phi) is 4.85. The molecule has 0 saturated heterocycles. The molecule has 0 saturated carbocycles. The highest BCUT2D eigenvalue weighted by Crippen LogP contribution is 2.17. The fourth-order valence-electron chi connectivity index (χ4n) is 1.49. The SMILES string of the molecule is Cc1nn(C)c(C)c1NC(=O)C(=O)NCCCO. The van der Waals surface area contributed by atoms with Crippen molar-refractivity contribution in [1.82, 2.24) is 15.1 Å². The Morgan fingerprint density at radius 2 is 2.00 bits per heavy atom. The van der Waals surface area contributed by atoms with Crippen LogP contribution in [0.15, 0.2) is 0 Å². The van der Waals surface area contributed by atoms with Crippen molar-refractivity contribution in [3.63, 3.8) is 0 Å². The molecule has 0 aliphatic carbocycles. The lowest BCUT2D eigenvalue weighted by Gasteiger charge is -2.06. The van der Waals surface area contributed by atoms with Crippen LogP contribution in [0, 0.1) is 13.8 Å². The van der Waals surface area contributed by atoms with Gasteiger partial charge < -0.3 is 15.7 Å². The maximum Gasteiger partial charge on any atom is 0.313 e. The van der Waals surface area contributed by atoms with Crippen LogP contribution in [0.4, 0.5) is 5.69 Å². The van der Waals surface area contributed by atoms with Crippen LogP contribution in [0.5, 0.6) is 0 Å². The smallest absolute Gasteiger partial charge is 0.313 e. The van der Waals surface area contributed by atoms with E-state index in [1.165, 1.54) is 0 Å². The summed E-state index contributed by atoms with van der Waals surface area (Å²) in [5, 5.41) is 17.6. The van der Waals surface area contributed by atoms with Gasteiger partial charge in [0.25, 0.3) is 0 Å². The number of carbonyl (C=O) groups is 2. The summed E-state index contributed by atoms with van der Waals surface area (Å²) in [6.07, 6.45) is 0.421. The maximum atomic E-state index is 11.6. The summed E-state index contributed by atoms with van der Waals surface area (Å²) in [5.41, 5.74) is 2.00. The molecule has 7 nitrogen and oxygen atoms in total. The largest absolute Gasteiger partial charge is 0.396 e. The maximum absolute atomic E-state index is 11.6. The number of nitrogens with one attached hydrogen (secondary N) is 2. The first kappa shape index (κ1) is 14.2. The number of aliphatic hydroxyl groups excluding tert-OH is 1. The van der Waals surface area contributed by atoms with E-state index < -0.39 is 11.8 Å². The van der Waals surface area contributed by atoms with Crippen molar-refractivity contribution >= 4 is 17.5 Å². The summed E-state index contributed by atoms with van der Waals surface area (Å²) in [6, 6.07) is 0. The highest BCUT2D eigenvalue weighted by molar-refractivity contribution is 6.39. The van der Waals surface area contributed by atoms with Gasteiger partial charge in [0.05, 0.1) is 17.1 Å². The lowest BCUT2D eigenvalue weighted by molar-refractivity contribution is -0.136. The van der Waals surface area contributed by atoms with Gasteiger partial charge in [-0.25, -0.2) is 0 Å². The Morgan fingerprint density at radius 1 is 1.33 bits per heavy atom. The van der Waals surface area contributed by atoms with E-state index in [0.29, 0.717) is 17.8 Å². The van der Waals surface area contributed by atoms with Gasteiger partial charge in [0.15, 0.2) is 0 Å². The van der Waals surface area contributed by atoms with E-state index in [-0.39, 0.29) is 13.2 Å². The Hall–Kier alpha value is -1.89. The van der Waals surface area contributed by atoms with Crippen LogP contribution in [-0.4, -0.2) is 39.9 Å². The minimum Gasteiger partial charge on any atom is -0.396 e. The molecule has 0 aromatic carbocycles. The summed E-state index contributed by atoms with van der Waals surface area (Å²) in [5.74, 6) is -1.45. The molecule has 1 aromatic heterocycles. The van der Waals surface area contributed by atoms with Crippen molar-refractivity contribution in [2.24, 2.45) is 7.05 Å². The number of hydrogen-bond donors (Lipinski definition) is 3. The molecule has 0 unspecified atom stereocenters. The third-order valence-electron chi connectivity index (χ3n) is 2.57. The van der Waals surface area contributed by atoms with Gasteiger partial charge in [0.2, 0.25) is 0 Å². The lowest BCUT2D eigenvalue weighted by Crippen LogP contribution is -2.36. The first-order valence-corrected chi connectivity index (χ1v) is 5.67. The molecule has 1 aromatic rings. The fourth-order valence-corrected chi connectivity index (χ4v) is 1.49. The van der Waals surface area contributed by atoms with Crippen molar-refractivity contribution in [1.29, 1.82) is 0 Å². The average molecular weight is 254 g/mol. The third-order valence-corrected chi connectivity index (χ3v) is 2.57. The summed E-state index contributed by atoms with van der Waals surface area (Å²) in [4.78, 5) is 23.0. The fraction of sp³-hybridized carbons (Fsp3) is 0.545. The molecule has 1 heterocycles. The highest BCUT2D eigenvalue weighted by Gasteiger charge is 2.17. The minimum absolute atomic E-state index is 0.0251. The monoisotopic (exact) mass is 254 g/mol. The molecule has 100 valence electrons. The molecule has 7 heteroatoms. The summed E-state index contributed by atoms with van der Waals surface area (Å²) >= 11 is 0. The van der Waals surface area contributed by atoms with Crippen LogP contribution >= 0.6 is 0 Å². The number of nitrogens with zero attached hydrogens (tertiary/aromatic N) is 2. The molecule has 3 N–H and O–H groups in total. The molecule has 2 amide bonds. The average Bonchev–Trinajstić information content (AvgIpc) is 2.56. The predicted molar refractivity (Wildman–Crippen MR) is 66.0 cm³/mol. The topological polar surface area (TPSA) is 96.2 Å². The van der Waals surface area contributed by atoms with Crippen LogP contribution < -0.4 is 10.6 Å². The third kappa shape index (κ3) is 3.30. The van der Waals surface area contributed by atoms with Crippen molar-refractivity contribution in [3.8, 4) is 0 Å². The van der Waals surface area contributed by atoms with Gasteiger partial charge in [-0.3, -0.25) is 14.3 Å². The van der Waals surface area contributed by atoms with Crippen LogP contribution in [0.25, 0.3) is 0 Å². The summed E-state index contributed by atoms with van der Waals surface area (Å²) in [6.45, 7) is 3.81. The van der Waals surface area contributed by atoms with Gasteiger partial charge in [-0.05, 0) is 20.3 Å². The zero-order valence-corrected chi connectivity index (χ0v) is 10.8. The molecule has 0 aliphatic heterocycles. The first-order chi connectivity index (χ1) is 8.47. The lowest BCUT2D eigenvalue weighted by atomic mass is 10.3. The number of amides is 2. The van der Waals surface area contributed by atoms with Crippen LogP contribution in [-0.2, 0) is 16.6 Å². The van der Waals surface area contributed by atoms with Crippen LogP contribution in [0.2, 0.25) is 0 Å². The minimum atomic E-state index is -0.730. The zero-order chi connectivity index (χ0) is 13.7. The zero-order valence-electron chi connectivity index (χ0n) is 10.8. The second-order valence-electron chi connectivity index (χ2n) is 3.96. The number of rotatable bonds is 4. The summed E-state index contributed by atoms with van der Waals surface area (Å²) < 4.78 is 1.63. The Labute approximate surface area is 105 Å². The standard InChI is InChI=1S/C11H18N4O3/c1-7-9(8(2)15(3)14-7)13-11(18)10(17)12-5-4-6-16/h16H,4-6H2,1-3H3,(H,12,17)(H,13,18). The second kappa shape index (κ2) is 6.15. The number of aromatic nitrogens is 2. The Bertz CT molecular complexity index is 453. The van der Waals surface area contributed by atoms with E-state index >= 15 is 0 Å². The van der Waals surface area contributed by atoms with E-state index in [1.807, 2.05) is 0 Å². The summed E-state index contributed by atoms with van der Waals surface area (Å²) in [7, 11) is 1.76. The van der Waals surface area contributed by atoms with Gasteiger partial charge in [0.1, 0.15) is 0 Å². The molecule has 0 aliphatic rings. The quantitative estimate of drug-likeness (QED) is 0.497. The molecule has 0 bridgehead atoms. The van der Waals surface area contributed by atoms with E-state index in [2.05, 4.69) is 15.7 Å². The van der Waals surface area contributed by atoms with Crippen molar-refractivity contribution in [2.45, 2.75) is 20.3 Å². The number of aliphatic hydroxyl groups is 1.